The minimum Gasteiger partial charge on any atom is -0.333 e. The number of allylic oxidation sites excluding steroid dienone is 1. The third kappa shape index (κ3) is 3.93. The minimum atomic E-state index is -0.0961. The van der Waals surface area contributed by atoms with Crippen LogP contribution in [-0.2, 0) is 5.54 Å². The standard InChI is InChI=1S/C18H18ClNOS/c1-18(2,3)20-12-4-5-14(17(20)22)8-11-16(21)13-6-9-15(19)10-7-13/h4-12H,1-3H3/b11-8+. The second kappa shape index (κ2) is 6.59. The van der Waals surface area contributed by atoms with Crippen LogP contribution in [0.3, 0.4) is 0 Å². The molecule has 4 heteroatoms. The van der Waals surface area contributed by atoms with Crippen LogP contribution in [0.2, 0.25) is 5.02 Å². The molecule has 1 heterocycles. The summed E-state index contributed by atoms with van der Waals surface area (Å²) in [6, 6.07) is 10.7. The van der Waals surface area contributed by atoms with E-state index >= 15 is 0 Å². The number of aromatic nitrogens is 1. The van der Waals surface area contributed by atoms with Gasteiger partial charge in [0.25, 0.3) is 0 Å². The van der Waals surface area contributed by atoms with Gasteiger partial charge in [-0.05, 0) is 63.3 Å². The number of hydrogen-bond acceptors (Lipinski definition) is 2. The predicted molar refractivity (Wildman–Crippen MR) is 95.1 cm³/mol. The molecule has 0 amide bonds. The van der Waals surface area contributed by atoms with Crippen molar-refractivity contribution in [3.63, 3.8) is 0 Å². The summed E-state index contributed by atoms with van der Waals surface area (Å²) in [6.45, 7) is 6.28. The van der Waals surface area contributed by atoms with Crippen LogP contribution in [0.25, 0.3) is 6.08 Å². The average Bonchev–Trinajstić information content (AvgIpc) is 2.45. The van der Waals surface area contributed by atoms with Crippen molar-refractivity contribution in [2.45, 2.75) is 26.3 Å². The van der Waals surface area contributed by atoms with Crippen LogP contribution in [0.5, 0.6) is 0 Å². The molecule has 0 saturated heterocycles. The Labute approximate surface area is 141 Å². The largest absolute Gasteiger partial charge is 0.333 e. The second-order valence-corrected chi connectivity index (χ2v) is 6.84. The van der Waals surface area contributed by atoms with Gasteiger partial charge in [0.15, 0.2) is 5.78 Å². The molecule has 0 unspecified atom stereocenters. The van der Waals surface area contributed by atoms with Gasteiger partial charge >= 0.3 is 0 Å². The van der Waals surface area contributed by atoms with E-state index in [1.165, 1.54) is 0 Å². The van der Waals surface area contributed by atoms with Crippen molar-refractivity contribution < 1.29 is 4.79 Å². The molecule has 2 rings (SSSR count). The summed E-state index contributed by atoms with van der Waals surface area (Å²) in [5.74, 6) is -0.0720. The Morgan fingerprint density at radius 1 is 1.18 bits per heavy atom. The molecule has 1 aromatic heterocycles. The molecule has 0 aliphatic rings. The molecule has 0 atom stereocenters. The molecule has 2 aromatic rings. The highest BCUT2D eigenvalue weighted by Gasteiger charge is 2.13. The third-order valence-corrected chi connectivity index (χ3v) is 3.93. The van der Waals surface area contributed by atoms with E-state index in [4.69, 9.17) is 23.8 Å². The SMILES string of the molecule is CC(C)(C)n1cccc(/C=C/C(=O)c2ccc(Cl)cc2)c1=S. The number of hydrogen-bond donors (Lipinski definition) is 0. The van der Waals surface area contributed by atoms with Gasteiger partial charge in [-0.2, -0.15) is 0 Å². The third-order valence-electron chi connectivity index (χ3n) is 3.24. The fraction of sp³-hybridized carbons (Fsp3) is 0.222. The van der Waals surface area contributed by atoms with E-state index in [2.05, 4.69) is 20.8 Å². The van der Waals surface area contributed by atoms with Gasteiger partial charge in [-0.15, -0.1) is 0 Å². The minimum absolute atomic E-state index is 0.0720. The van der Waals surface area contributed by atoms with E-state index in [0.717, 1.165) is 10.2 Å². The van der Waals surface area contributed by atoms with Crippen molar-refractivity contribution in [3.8, 4) is 0 Å². The van der Waals surface area contributed by atoms with E-state index in [1.54, 1.807) is 36.4 Å². The molecule has 22 heavy (non-hydrogen) atoms. The van der Waals surface area contributed by atoms with Gasteiger partial charge in [0.05, 0.1) is 0 Å². The fourth-order valence-electron chi connectivity index (χ4n) is 2.04. The van der Waals surface area contributed by atoms with Gasteiger partial charge < -0.3 is 4.57 Å². The smallest absolute Gasteiger partial charge is 0.185 e. The quantitative estimate of drug-likeness (QED) is 0.419. The molecule has 0 aliphatic heterocycles. The van der Waals surface area contributed by atoms with Crippen molar-refractivity contribution in [3.05, 3.63) is 69.5 Å². The molecule has 0 bridgehead atoms. The van der Waals surface area contributed by atoms with Crippen molar-refractivity contribution in [1.82, 2.24) is 4.57 Å². The summed E-state index contributed by atoms with van der Waals surface area (Å²) in [6.07, 6.45) is 5.27. The van der Waals surface area contributed by atoms with Crippen LogP contribution in [-0.4, -0.2) is 10.4 Å². The molecule has 2 nitrogen and oxygen atoms in total. The zero-order chi connectivity index (χ0) is 16.3. The zero-order valence-corrected chi connectivity index (χ0v) is 14.4. The number of carbonyl (C=O) groups is 1. The number of pyridine rings is 1. The highest BCUT2D eigenvalue weighted by Crippen LogP contribution is 2.17. The van der Waals surface area contributed by atoms with Gasteiger partial charge in [0, 0.05) is 27.9 Å². The number of nitrogens with zero attached hydrogens (tertiary/aromatic N) is 1. The summed E-state index contributed by atoms with van der Waals surface area (Å²) in [4.78, 5) is 12.2. The number of benzene rings is 1. The normalized spacial score (nSPS) is 11.8. The maximum Gasteiger partial charge on any atom is 0.185 e. The van der Waals surface area contributed by atoms with E-state index in [1.807, 2.05) is 22.9 Å². The number of rotatable bonds is 3. The molecular weight excluding hydrogens is 314 g/mol. The first-order chi connectivity index (χ1) is 10.3. The first-order valence-electron chi connectivity index (χ1n) is 6.99. The topological polar surface area (TPSA) is 22.0 Å². The maximum atomic E-state index is 12.2. The van der Waals surface area contributed by atoms with Crippen LogP contribution >= 0.6 is 23.8 Å². The number of carbonyl (C=O) groups excluding carboxylic acids is 1. The molecule has 0 aliphatic carbocycles. The van der Waals surface area contributed by atoms with Crippen molar-refractivity contribution >= 4 is 35.7 Å². The molecule has 0 saturated carbocycles. The van der Waals surface area contributed by atoms with Crippen molar-refractivity contribution in [1.29, 1.82) is 0 Å². The Morgan fingerprint density at radius 3 is 2.41 bits per heavy atom. The van der Waals surface area contributed by atoms with Gasteiger partial charge in [-0.1, -0.05) is 29.9 Å². The summed E-state index contributed by atoms with van der Waals surface area (Å²) in [7, 11) is 0. The lowest BCUT2D eigenvalue weighted by Gasteiger charge is -2.24. The molecule has 114 valence electrons. The van der Waals surface area contributed by atoms with Gasteiger partial charge in [0.1, 0.15) is 4.64 Å². The Morgan fingerprint density at radius 2 is 1.82 bits per heavy atom. The first kappa shape index (κ1) is 16.7. The van der Waals surface area contributed by atoms with E-state index < -0.39 is 0 Å². The lowest BCUT2D eigenvalue weighted by Crippen LogP contribution is -2.22. The Hall–Kier alpha value is -1.71. The monoisotopic (exact) mass is 331 g/mol. The van der Waals surface area contributed by atoms with Gasteiger partial charge in [-0.3, -0.25) is 4.79 Å². The summed E-state index contributed by atoms with van der Waals surface area (Å²) < 4.78 is 2.74. The van der Waals surface area contributed by atoms with Crippen molar-refractivity contribution in [2.24, 2.45) is 0 Å². The molecule has 0 fully saturated rings. The Bertz CT molecular complexity index is 767. The number of halogens is 1. The first-order valence-corrected chi connectivity index (χ1v) is 7.78. The van der Waals surface area contributed by atoms with Crippen molar-refractivity contribution in [2.75, 3.05) is 0 Å². The van der Waals surface area contributed by atoms with Crippen LogP contribution in [0, 0.1) is 4.64 Å². The van der Waals surface area contributed by atoms with E-state index in [0.29, 0.717) is 10.6 Å². The van der Waals surface area contributed by atoms with Gasteiger partial charge in [0.2, 0.25) is 0 Å². The van der Waals surface area contributed by atoms with Crippen LogP contribution < -0.4 is 0 Å². The molecule has 0 N–H and O–H groups in total. The molecular formula is C18H18ClNOS. The summed E-state index contributed by atoms with van der Waals surface area (Å²) in [5, 5.41) is 0.614. The lowest BCUT2D eigenvalue weighted by atomic mass is 10.1. The predicted octanol–water partition coefficient (Wildman–Crippen LogP) is 5.52. The van der Waals surface area contributed by atoms with E-state index in [9.17, 15) is 4.79 Å². The zero-order valence-electron chi connectivity index (χ0n) is 12.8. The van der Waals surface area contributed by atoms with Crippen LogP contribution in [0.15, 0.2) is 48.7 Å². The van der Waals surface area contributed by atoms with E-state index in [-0.39, 0.29) is 11.3 Å². The Balaban J connectivity index is 2.29. The van der Waals surface area contributed by atoms with Gasteiger partial charge in [-0.25, -0.2) is 0 Å². The summed E-state index contributed by atoms with van der Waals surface area (Å²) in [5.41, 5.74) is 1.36. The highest BCUT2D eigenvalue weighted by molar-refractivity contribution is 7.71. The molecule has 0 radical (unpaired) electrons. The molecule has 0 spiro atoms. The fourth-order valence-corrected chi connectivity index (χ4v) is 2.64. The Kier molecular flexibility index (Phi) is 4.99. The maximum absolute atomic E-state index is 12.2. The number of ketones is 1. The van der Waals surface area contributed by atoms with Crippen LogP contribution in [0.4, 0.5) is 0 Å². The van der Waals surface area contributed by atoms with Crippen LogP contribution in [0.1, 0.15) is 36.7 Å². The molecule has 1 aromatic carbocycles. The lowest BCUT2D eigenvalue weighted by molar-refractivity contribution is 0.104. The average molecular weight is 332 g/mol. The summed E-state index contributed by atoms with van der Waals surface area (Å²) >= 11 is 11.3. The highest BCUT2D eigenvalue weighted by atomic mass is 35.5. The second-order valence-electron chi connectivity index (χ2n) is 6.01.